The van der Waals surface area contributed by atoms with Gasteiger partial charge in [-0.1, -0.05) is 42.0 Å². The quantitative estimate of drug-likeness (QED) is 0.231. The van der Waals surface area contributed by atoms with E-state index in [1.165, 1.54) is 16.8 Å². The monoisotopic (exact) mass is 649 g/mol. The first-order chi connectivity index (χ1) is 22.4. The van der Waals surface area contributed by atoms with Crippen LogP contribution in [-0.2, 0) is 9.53 Å². The highest BCUT2D eigenvalue weighted by molar-refractivity contribution is 5.76. The van der Waals surface area contributed by atoms with Gasteiger partial charge in [0.25, 0.3) is 0 Å². The number of aromatic nitrogens is 4. The number of anilines is 2. The lowest BCUT2D eigenvalue weighted by Gasteiger charge is -2.39. The Morgan fingerprint density at radius 1 is 1.09 bits per heavy atom. The van der Waals surface area contributed by atoms with E-state index in [-0.39, 0.29) is 40.5 Å². The Kier molecular flexibility index (Phi) is 8.84. The minimum atomic E-state index is -4.80. The first-order valence-electron chi connectivity index (χ1n) is 15.7. The van der Waals surface area contributed by atoms with Gasteiger partial charge in [0.15, 0.2) is 0 Å². The molecule has 2 atom stereocenters. The normalized spacial score (nSPS) is 18.3. The number of rotatable bonds is 8. The van der Waals surface area contributed by atoms with E-state index in [0.717, 1.165) is 29.5 Å². The third kappa shape index (κ3) is 7.04. The number of nitrogen functional groups attached to an aromatic ring is 1. The number of nitrogens with two attached hydrogens (primary N) is 1. The number of benzene rings is 2. The van der Waals surface area contributed by atoms with Crippen molar-refractivity contribution in [1.82, 2.24) is 25.1 Å². The Hall–Kier alpha value is -4.65. The summed E-state index contributed by atoms with van der Waals surface area (Å²) in [6.07, 6.45) is -3.34. The SMILES string of the molecule is CCOC(=O)C1CC2(CCN(c3cc(O[C@H](c4ccc(-c5cccc(C)c5)cc4-n4ccc(C)n4)C(F)(F)F)nc(N)n3)CC2)CN1. The highest BCUT2D eigenvalue weighted by Gasteiger charge is 2.46. The van der Waals surface area contributed by atoms with Crippen LogP contribution in [0.1, 0.15) is 49.1 Å². The minimum Gasteiger partial charge on any atom is -0.465 e. The number of halogens is 3. The third-order valence-corrected chi connectivity index (χ3v) is 8.96. The maximum absolute atomic E-state index is 14.9. The zero-order valence-electron chi connectivity index (χ0n) is 26.6. The van der Waals surface area contributed by atoms with Gasteiger partial charge in [0.2, 0.25) is 17.9 Å². The van der Waals surface area contributed by atoms with E-state index in [1.807, 2.05) is 36.1 Å². The van der Waals surface area contributed by atoms with Crippen molar-refractivity contribution in [2.45, 2.75) is 58.4 Å². The van der Waals surface area contributed by atoms with Crippen LogP contribution in [0.4, 0.5) is 24.9 Å². The second-order valence-electron chi connectivity index (χ2n) is 12.4. The molecule has 1 unspecified atom stereocenters. The summed E-state index contributed by atoms with van der Waals surface area (Å²) < 4.78 is 56.9. The standard InChI is InChI=1S/C34H38F3N7O3/c1-4-46-31(45)26-19-33(20-39-26)11-14-43(15-12-33)28-18-29(41-32(38)40-28)47-30(34(35,36)37)25-9-8-24(23-7-5-6-21(2)16-23)17-27(25)44-13-10-22(3)42-44/h5-10,13,16-18,26,30,39H,4,11-12,14-15,19-20H2,1-3H3,(H2,38,40,41)/t26?,30-/m1/s1. The molecule has 4 aromatic rings. The maximum Gasteiger partial charge on any atom is 0.429 e. The number of alkyl halides is 3. The molecule has 0 aliphatic carbocycles. The van der Waals surface area contributed by atoms with Gasteiger partial charge in [-0.3, -0.25) is 4.79 Å². The fraction of sp³-hybridized carbons (Fsp3) is 0.412. The lowest BCUT2D eigenvalue weighted by molar-refractivity contribution is -0.198. The van der Waals surface area contributed by atoms with Crippen molar-refractivity contribution in [3.63, 3.8) is 0 Å². The van der Waals surface area contributed by atoms with Gasteiger partial charge in [-0.05, 0) is 68.7 Å². The van der Waals surface area contributed by atoms with Crippen molar-refractivity contribution >= 4 is 17.7 Å². The van der Waals surface area contributed by atoms with Crippen LogP contribution >= 0.6 is 0 Å². The van der Waals surface area contributed by atoms with E-state index in [4.69, 9.17) is 15.2 Å². The van der Waals surface area contributed by atoms with Crippen LogP contribution in [0.15, 0.2) is 60.8 Å². The Labute approximate surface area is 271 Å². The molecule has 6 rings (SSSR count). The van der Waals surface area contributed by atoms with E-state index in [2.05, 4.69) is 20.4 Å². The maximum atomic E-state index is 14.9. The number of aryl methyl sites for hydroxylation is 2. The van der Waals surface area contributed by atoms with Crippen molar-refractivity contribution in [1.29, 1.82) is 0 Å². The Bertz CT molecular complexity index is 1750. The fourth-order valence-electron chi connectivity index (χ4n) is 6.51. The number of hydrogen-bond donors (Lipinski definition) is 2. The zero-order valence-corrected chi connectivity index (χ0v) is 26.6. The third-order valence-electron chi connectivity index (χ3n) is 8.96. The molecule has 248 valence electrons. The molecule has 0 amide bonds. The van der Waals surface area contributed by atoms with Gasteiger partial charge >= 0.3 is 12.1 Å². The van der Waals surface area contributed by atoms with Crippen molar-refractivity contribution in [3.8, 4) is 22.7 Å². The summed E-state index contributed by atoms with van der Waals surface area (Å²) in [5.41, 5.74) is 9.35. The molecule has 13 heteroatoms. The van der Waals surface area contributed by atoms with Gasteiger partial charge in [-0.2, -0.15) is 28.2 Å². The summed E-state index contributed by atoms with van der Waals surface area (Å²) in [4.78, 5) is 22.6. The second-order valence-corrected chi connectivity index (χ2v) is 12.4. The van der Waals surface area contributed by atoms with Crippen molar-refractivity contribution in [2.75, 3.05) is 36.9 Å². The summed E-state index contributed by atoms with van der Waals surface area (Å²) in [5.74, 6) is -0.340. The number of nitrogens with one attached hydrogen (secondary N) is 1. The van der Waals surface area contributed by atoms with E-state index in [9.17, 15) is 18.0 Å². The van der Waals surface area contributed by atoms with Crippen molar-refractivity contribution in [3.05, 3.63) is 77.6 Å². The molecule has 10 nitrogen and oxygen atoms in total. The summed E-state index contributed by atoms with van der Waals surface area (Å²) >= 11 is 0. The molecule has 2 aliphatic heterocycles. The Morgan fingerprint density at radius 3 is 2.53 bits per heavy atom. The van der Waals surface area contributed by atoms with Gasteiger partial charge in [0, 0.05) is 37.5 Å². The molecule has 4 heterocycles. The van der Waals surface area contributed by atoms with Crippen molar-refractivity contribution in [2.24, 2.45) is 5.41 Å². The fourth-order valence-corrected chi connectivity index (χ4v) is 6.51. The lowest BCUT2D eigenvalue weighted by Crippen LogP contribution is -2.41. The number of piperidine rings is 1. The number of carbonyl (C=O) groups is 1. The molecule has 1 spiro atoms. The van der Waals surface area contributed by atoms with Crippen LogP contribution in [-0.4, -0.2) is 64.2 Å². The molecule has 0 bridgehead atoms. The number of hydrogen-bond acceptors (Lipinski definition) is 9. The summed E-state index contributed by atoms with van der Waals surface area (Å²) in [5, 5.41) is 7.71. The zero-order chi connectivity index (χ0) is 33.3. The minimum absolute atomic E-state index is 0.0704. The van der Waals surface area contributed by atoms with Crippen LogP contribution in [0.3, 0.4) is 0 Å². The predicted molar refractivity (Wildman–Crippen MR) is 171 cm³/mol. The lowest BCUT2D eigenvalue weighted by atomic mass is 9.76. The molecule has 2 aliphatic rings. The number of ether oxygens (including phenoxy) is 2. The summed E-state index contributed by atoms with van der Waals surface area (Å²) in [6.45, 7) is 7.70. The molecule has 2 fully saturated rings. The van der Waals surface area contributed by atoms with Crippen LogP contribution in [0.2, 0.25) is 0 Å². The van der Waals surface area contributed by atoms with Gasteiger partial charge in [0.05, 0.1) is 18.0 Å². The van der Waals surface area contributed by atoms with E-state index < -0.39 is 12.3 Å². The molecule has 47 heavy (non-hydrogen) atoms. The van der Waals surface area contributed by atoms with Crippen LogP contribution < -0.4 is 20.7 Å². The van der Waals surface area contributed by atoms with Crippen molar-refractivity contribution < 1.29 is 27.4 Å². The highest BCUT2D eigenvalue weighted by Crippen LogP contribution is 2.43. The average Bonchev–Trinajstić information content (AvgIpc) is 3.66. The Balaban J connectivity index is 1.27. The van der Waals surface area contributed by atoms with Crippen LogP contribution in [0, 0.1) is 19.3 Å². The molecular formula is C34H38F3N7O3. The van der Waals surface area contributed by atoms with Crippen LogP contribution in [0.5, 0.6) is 5.88 Å². The first kappa shape index (κ1) is 32.3. The van der Waals surface area contributed by atoms with Gasteiger partial charge in [0.1, 0.15) is 11.9 Å². The van der Waals surface area contributed by atoms with Gasteiger partial charge in [-0.15, -0.1) is 0 Å². The predicted octanol–water partition coefficient (Wildman–Crippen LogP) is 5.72. The summed E-state index contributed by atoms with van der Waals surface area (Å²) in [7, 11) is 0. The van der Waals surface area contributed by atoms with Gasteiger partial charge in [-0.25, -0.2) is 4.68 Å². The molecule has 2 aromatic heterocycles. The average molecular weight is 650 g/mol. The Morgan fingerprint density at radius 2 is 1.85 bits per heavy atom. The van der Waals surface area contributed by atoms with Crippen LogP contribution in [0.25, 0.3) is 16.8 Å². The molecule has 2 aromatic carbocycles. The molecule has 2 saturated heterocycles. The first-order valence-corrected chi connectivity index (χ1v) is 15.7. The molecule has 0 radical (unpaired) electrons. The van der Waals surface area contributed by atoms with E-state index in [0.29, 0.717) is 44.2 Å². The highest BCUT2D eigenvalue weighted by atomic mass is 19.4. The molecule has 3 N–H and O–H groups in total. The largest absolute Gasteiger partial charge is 0.465 e. The topological polar surface area (TPSA) is 120 Å². The molecular weight excluding hydrogens is 611 g/mol. The number of carbonyl (C=O) groups excluding carboxylic acids is 1. The number of esters is 1. The summed E-state index contributed by atoms with van der Waals surface area (Å²) in [6, 6.07) is 15.3. The van der Waals surface area contributed by atoms with E-state index >= 15 is 0 Å². The van der Waals surface area contributed by atoms with E-state index in [1.54, 1.807) is 38.2 Å². The second kappa shape index (κ2) is 12.9. The molecule has 0 saturated carbocycles. The number of nitrogens with zero attached hydrogens (tertiary/aromatic N) is 5. The van der Waals surface area contributed by atoms with Gasteiger partial charge < -0.3 is 25.4 Å². The smallest absolute Gasteiger partial charge is 0.429 e.